The quantitative estimate of drug-likeness (QED) is 0.416. The van der Waals surface area contributed by atoms with Gasteiger partial charge in [-0.25, -0.2) is 0 Å². The average molecular weight is 265 g/mol. The summed E-state index contributed by atoms with van der Waals surface area (Å²) in [5, 5.41) is 0. The van der Waals surface area contributed by atoms with E-state index in [9.17, 15) is 0 Å². The van der Waals surface area contributed by atoms with E-state index in [1.807, 2.05) is 5.92 Å². The van der Waals surface area contributed by atoms with Gasteiger partial charge in [0.05, 0.1) is 5.48 Å². The summed E-state index contributed by atoms with van der Waals surface area (Å²) < 4.78 is 64.7. The van der Waals surface area contributed by atoms with Crippen molar-refractivity contribution in [2.45, 2.75) is 11.2 Å². The zero-order chi connectivity index (χ0) is 15.9. The summed E-state index contributed by atoms with van der Waals surface area (Å²) in [7, 11) is 0. The van der Waals surface area contributed by atoms with Crippen LogP contribution in [0.25, 0.3) is 0 Å². The highest BCUT2D eigenvalue weighted by atomic mass is 127. The first-order chi connectivity index (χ1) is 8.86. The Labute approximate surface area is 93.8 Å². The van der Waals surface area contributed by atoms with Gasteiger partial charge in [-0.15, -0.1) is 5.92 Å². The fourth-order valence-corrected chi connectivity index (χ4v) is 0.754. The molecule has 0 bridgehead atoms. The molecule has 0 N–H and O–H groups in total. The first kappa shape index (κ1) is 2.50. The van der Waals surface area contributed by atoms with E-state index in [0.717, 1.165) is 0 Å². The van der Waals surface area contributed by atoms with Gasteiger partial charge >= 0.3 is 0 Å². The van der Waals surface area contributed by atoms with Crippen LogP contribution in [0, 0.1) is 11.8 Å². The Morgan fingerprint density at radius 2 is 2.36 bits per heavy atom. The van der Waals surface area contributed by atoms with Crippen LogP contribution in [0.5, 0.6) is 0 Å². The van der Waals surface area contributed by atoms with Crippen LogP contribution in [0.1, 0.15) is 30.3 Å². The predicted molar refractivity (Wildman–Crippen MR) is 56.7 cm³/mol. The number of alkyl halides is 1. The van der Waals surface area contributed by atoms with Gasteiger partial charge in [0.1, 0.15) is 0 Å². The van der Waals surface area contributed by atoms with E-state index < -0.39 is 35.4 Å². The lowest BCUT2D eigenvalue weighted by Gasteiger charge is -1.93. The predicted octanol–water partition coefficient (Wildman–Crippen LogP) is 2.99. The van der Waals surface area contributed by atoms with E-state index >= 15 is 0 Å². The van der Waals surface area contributed by atoms with E-state index in [4.69, 9.17) is 12.3 Å². The molecule has 1 heteroatoms. The van der Waals surface area contributed by atoms with Crippen molar-refractivity contribution in [1.29, 1.82) is 0 Å². The van der Waals surface area contributed by atoms with Gasteiger partial charge < -0.3 is 0 Å². The van der Waals surface area contributed by atoms with Crippen LogP contribution < -0.4 is 0 Å². The molecule has 0 aliphatic carbocycles. The maximum absolute atomic E-state index is 7.72. The Balaban J connectivity index is 3.65. The van der Waals surface area contributed by atoms with E-state index in [-0.39, 0.29) is 11.1 Å². The minimum Gasteiger partial charge on any atom is -0.101 e. The van der Waals surface area contributed by atoms with E-state index in [1.165, 1.54) is 22.6 Å². The fraction of sp³-hybridized carbons (Fsp3) is 0.200. The first-order valence-corrected chi connectivity index (χ1v) is 3.77. The number of hydrogen-bond donors (Lipinski definition) is 0. The fourth-order valence-electron chi connectivity index (χ4n) is 0.485. The van der Waals surface area contributed by atoms with Crippen LogP contribution in [-0.2, 0) is 4.38 Å². The van der Waals surface area contributed by atoms with Crippen LogP contribution in [0.15, 0.2) is 24.2 Å². The molecule has 0 fully saturated rings. The Hall–Kier alpha value is -0.490. The molecule has 0 saturated heterocycles. The van der Waals surface area contributed by atoms with Crippen molar-refractivity contribution < 1.29 is 12.3 Å². The molecular weight excluding hydrogens is 247 g/mol. The summed E-state index contributed by atoms with van der Waals surface area (Å²) in [6, 6.07) is -2.20. The second-order valence-corrected chi connectivity index (χ2v) is 2.13. The molecular formula is C10H9I. The first-order valence-electron chi connectivity index (χ1n) is 7.19. The lowest BCUT2D eigenvalue weighted by molar-refractivity contribution is 1.44. The third-order valence-corrected chi connectivity index (χ3v) is 1.45. The molecule has 0 aliphatic rings. The topological polar surface area (TPSA) is 0 Å². The van der Waals surface area contributed by atoms with Crippen molar-refractivity contribution in [3.63, 3.8) is 0 Å². The third kappa shape index (κ3) is 2.55. The monoisotopic (exact) mass is 265 g/mol. The molecule has 0 aromatic heterocycles. The molecule has 0 spiro atoms. The lowest BCUT2D eigenvalue weighted by atomic mass is 10.2. The average Bonchev–Trinajstić information content (AvgIpc) is 2.23. The molecule has 11 heavy (non-hydrogen) atoms. The molecule has 0 unspecified atom stereocenters. The Bertz CT molecular complexity index is 571. The van der Waals surface area contributed by atoms with Crippen molar-refractivity contribution in [3.05, 3.63) is 35.3 Å². The molecule has 0 radical (unpaired) electrons. The summed E-state index contributed by atoms with van der Waals surface area (Å²) in [5.74, 6) is 4.01. The lowest BCUT2D eigenvalue weighted by Crippen LogP contribution is -1.77. The highest BCUT2D eigenvalue weighted by Gasteiger charge is 1.88. The smallest absolute Gasteiger partial charge is 0.0636 e. The molecule has 1 rings (SSSR count). The van der Waals surface area contributed by atoms with Crippen molar-refractivity contribution in [2.75, 3.05) is 0 Å². The molecule has 56 valence electrons. The highest BCUT2D eigenvalue weighted by Crippen LogP contribution is 2.06. The van der Waals surface area contributed by atoms with Crippen LogP contribution in [-0.4, -0.2) is 0 Å². The van der Waals surface area contributed by atoms with Gasteiger partial charge in [-0.3, -0.25) is 0 Å². The SMILES string of the molecule is [2H]c1c([2H])c(C([2H])([2H])I)c([2H])c([2H])c1C#CC([2H])([2H])[2H]. The maximum Gasteiger partial charge on any atom is 0.0636 e. The Kier molecular flexibility index (Phi) is 0.999. The molecule has 0 amide bonds. The van der Waals surface area contributed by atoms with Gasteiger partial charge in [0, 0.05) is 16.8 Å². The highest BCUT2D eigenvalue weighted by molar-refractivity contribution is 14.1. The minimum absolute atomic E-state index is 0.347. The van der Waals surface area contributed by atoms with Gasteiger partial charge in [-0.1, -0.05) is 40.6 Å². The number of halogens is 1. The van der Waals surface area contributed by atoms with Crippen LogP contribution in [0.3, 0.4) is 0 Å². The summed E-state index contributed by atoms with van der Waals surface area (Å²) in [6.07, 6.45) is 0. The molecule has 0 saturated carbocycles. The summed E-state index contributed by atoms with van der Waals surface area (Å²) >= 11 is 1.37. The minimum atomic E-state index is -2.57. The van der Waals surface area contributed by atoms with Crippen molar-refractivity contribution >= 4 is 22.6 Å². The second-order valence-electron chi connectivity index (χ2n) is 1.59. The van der Waals surface area contributed by atoms with Gasteiger partial charge in [0.15, 0.2) is 0 Å². The standard InChI is InChI=1S/C10H9I/c1-2-3-9-4-6-10(8-11)7-5-9/h4-7H,8H2,1H3/i1D3,4D,5D,6D,7D,8D2. The van der Waals surface area contributed by atoms with E-state index in [0.29, 0.717) is 0 Å². The molecule has 1 aromatic rings. The van der Waals surface area contributed by atoms with Crippen LogP contribution in [0.2, 0.25) is 0 Å². The number of rotatable bonds is 1. The Morgan fingerprint density at radius 3 is 2.91 bits per heavy atom. The maximum atomic E-state index is 7.72. The van der Waals surface area contributed by atoms with Crippen molar-refractivity contribution in [3.8, 4) is 11.8 Å². The zero-order valence-electron chi connectivity index (χ0n) is 14.4. The van der Waals surface area contributed by atoms with Crippen molar-refractivity contribution in [2.24, 2.45) is 0 Å². The molecule has 0 aliphatic heterocycles. The van der Waals surface area contributed by atoms with Gasteiger partial charge in [0.25, 0.3) is 0 Å². The van der Waals surface area contributed by atoms with Gasteiger partial charge in [-0.2, -0.15) is 0 Å². The van der Waals surface area contributed by atoms with E-state index in [1.54, 1.807) is 0 Å². The number of benzene rings is 1. The largest absolute Gasteiger partial charge is 0.101 e. The Morgan fingerprint density at radius 1 is 1.64 bits per heavy atom. The van der Waals surface area contributed by atoms with Crippen LogP contribution in [0.4, 0.5) is 0 Å². The summed E-state index contributed by atoms with van der Waals surface area (Å²) in [5.41, 5.74) is -0.729. The van der Waals surface area contributed by atoms with E-state index in [2.05, 4.69) is 5.92 Å². The number of hydrogen-bond acceptors (Lipinski definition) is 0. The van der Waals surface area contributed by atoms with Gasteiger partial charge in [0.2, 0.25) is 0 Å². The van der Waals surface area contributed by atoms with Gasteiger partial charge in [-0.05, 0) is 24.5 Å². The van der Waals surface area contributed by atoms with Crippen LogP contribution >= 0.6 is 22.6 Å². The molecule has 0 nitrogen and oxygen atoms in total. The third-order valence-electron chi connectivity index (χ3n) is 0.907. The summed E-state index contributed by atoms with van der Waals surface area (Å²) in [6.45, 7) is -2.57. The molecule has 0 atom stereocenters. The molecule has 1 aromatic carbocycles. The van der Waals surface area contributed by atoms with Crippen molar-refractivity contribution in [1.82, 2.24) is 0 Å². The normalized spacial score (nSPS) is 22.8. The molecule has 0 heterocycles. The second kappa shape index (κ2) is 4.40. The zero-order valence-corrected chi connectivity index (χ0v) is 7.54. The summed E-state index contributed by atoms with van der Waals surface area (Å²) in [4.78, 5) is 0.